The number of aryl methyl sites for hydroxylation is 1. The summed E-state index contributed by atoms with van der Waals surface area (Å²) in [4.78, 5) is 0.0943. The number of nitrogens with one attached hydrogen (secondary N) is 1. The predicted molar refractivity (Wildman–Crippen MR) is 109 cm³/mol. The highest BCUT2D eigenvalue weighted by atomic mass is 32.2. The van der Waals surface area contributed by atoms with Crippen LogP contribution in [0.5, 0.6) is 11.5 Å². The Hall–Kier alpha value is -3.66. The molecule has 0 radical (unpaired) electrons. The lowest BCUT2D eigenvalue weighted by Crippen LogP contribution is -2.17. The number of aromatic nitrogens is 4. The Morgan fingerprint density at radius 1 is 0.967 bits per heavy atom. The summed E-state index contributed by atoms with van der Waals surface area (Å²) in [5.74, 6) is 1.62. The third-order valence-corrected chi connectivity index (χ3v) is 6.03. The molecule has 2 aromatic heterocycles. The minimum atomic E-state index is -3.81. The van der Waals surface area contributed by atoms with E-state index in [1.54, 1.807) is 28.8 Å². The average Bonchev–Trinajstić information content (AvgIpc) is 3.13. The van der Waals surface area contributed by atoms with Gasteiger partial charge in [0.2, 0.25) is 0 Å². The zero-order valence-corrected chi connectivity index (χ0v) is 16.8. The lowest BCUT2D eigenvalue weighted by molar-refractivity contribution is 0.171. The molecule has 0 amide bonds. The summed E-state index contributed by atoms with van der Waals surface area (Å²) in [7, 11) is -3.81. The van der Waals surface area contributed by atoms with Crippen LogP contribution in [0.3, 0.4) is 0 Å². The molecular formula is C20H17N5O4S. The van der Waals surface area contributed by atoms with Crippen molar-refractivity contribution in [3.63, 3.8) is 0 Å². The molecule has 0 bridgehead atoms. The van der Waals surface area contributed by atoms with Gasteiger partial charge in [-0.2, -0.15) is 9.61 Å². The van der Waals surface area contributed by atoms with Gasteiger partial charge in [0.05, 0.1) is 10.6 Å². The van der Waals surface area contributed by atoms with Crippen LogP contribution in [0.1, 0.15) is 5.82 Å². The SMILES string of the molecule is Cc1nnc2ccc(-c3cccc(NS(=O)(=O)c4ccc5c(c4)OCCO5)c3)nn12. The van der Waals surface area contributed by atoms with Gasteiger partial charge in [-0.05, 0) is 43.3 Å². The molecule has 1 N–H and O–H groups in total. The number of rotatable bonds is 4. The van der Waals surface area contributed by atoms with Crippen molar-refractivity contribution in [3.05, 3.63) is 60.4 Å². The summed E-state index contributed by atoms with van der Waals surface area (Å²) in [6.07, 6.45) is 0. The second-order valence-corrected chi connectivity index (χ2v) is 8.41. The monoisotopic (exact) mass is 423 g/mol. The Morgan fingerprint density at radius 2 is 1.80 bits per heavy atom. The summed E-state index contributed by atoms with van der Waals surface area (Å²) >= 11 is 0. The Balaban J connectivity index is 1.45. The molecule has 9 nitrogen and oxygen atoms in total. The van der Waals surface area contributed by atoms with Gasteiger partial charge >= 0.3 is 0 Å². The van der Waals surface area contributed by atoms with Gasteiger partial charge in [0.1, 0.15) is 13.2 Å². The Labute approximate surface area is 172 Å². The zero-order chi connectivity index (χ0) is 20.7. The third kappa shape index (κ3) is 3.30. The maximum atomic E-state index is 12.9. The van der Waals surface area contributed by atoms with Crippen molar-refractivity contribution < 1.29 is 17.9 Å². The topological polar surface area (TPSA) is 108 Å². The fourth-order valence-corrected chi connectivity index (χ4v) is 4.26. The number of sulfonamides is 1. The molecule has 0 spiro atoms. The maximum absolute atomic E-state index is 12.9. The largest absolute Gasteiger partial charge is 0.486 e. The Morgan fingerprint density at radius 3 is 2.67 bits per heavy atom. The second-order valence-electron chi connectivity index (χ2n) is 6.73. The van der Waals surface area contributed by atoms with Gasteiger partial charge in [-0.25, -0.2) is 8.42 Å². The Bertz CT molecular complexity index is 1370. The van der Waals surface area contributed by atoms with Crippen LogP contribution in [-0.2, 0) is 10.0 Å². The van der Waals surface area contributed by atoms with Crippen molar-refractivity contribution in [1.29, 1.82) is 0 Å². The number of fused-ring (bicyclic) bond motifs is 2. The van der Waals surface area contributed by atoms with Crippen molar-refractivity contribution in [2.24, 2.45) is 0 Å². The fraction of sp³-hybridized carbons (Fsp3) is 0.150. The van der Waals surface area contributed by atoms with Crippen molar-refractivity contribution in [3.8, 4) is 22.8 Å². The van der Waals surface area contributed by atoms with E-state index in [9.17, 15) is 8.42 Å². The quantitative estimate of drug-likeness (QED) is 0.538. The molecular weight excluding hydrogens is 406 g/mol. The van der Waals surface area contributed by atoms with E-state index in [4.69, 9.17) is 9.47 Å². The summed E-state index contributed by atoms with van der Waals surface area (Å²) in [6, 6.07) is 15.2. The lowest BCUT2D eigenvalue weighted by Gasteiger charge is -2.19. The molecule has 0 unspecified atom stereocenters. The van der Waals surface area contributed by atoms with Crippen molar-refractivity contribution in [2.45, 2.75) is 11.8 Å². The molecule has 2 aromatic carbocycles. The lowest BCUT2D eigenvalue weighted by atomic mass is 10.1. The van der Waals surface area contributed by atoms with E-state index in [1.165, 1.54) is 12.1 Å². The van der Waals surface area contributed by atoms with E-state index in [2.05, 4.69) is 20.0 Å². The first-order valence-electron chi connectivity index (χ1n) is 9.22. The molecule has 1 aliphatic rings. The smallest absolute Gasteiger partial charge is 0.262 e. The number of hydrogen-bond donors (Lipinski definition) is 1. The maximum Gasteiger partial charge on any atom is 0.262 e. The number of hydrogen-bond acceptors (Lipinski definition) is 7. The molecule has 0 fully saturated rings. The standard InChI is InChI=1S/C20H17N5O4S/c1-13-21-22-20-8-6-17(23-25(13)20)14-3-2-4-15(11-14)24-30(26,27)16-5-7-18-19(12-16)29-10-9-28-18/h2-8,11-12,24H,9-10H2,1H3. The number of benzene rings is 2. The van der Waals surface area contributed by atoms with Gasteiger partial charge in [-0.15, -0.1) is 10.2 Å². The van der Waals surface area contributed by atoms with Crippen LogP contribution in [-0.4, -0.2) is 41.4 Å². The van der Waals surface area contributed by atoms with Crippen LogP contribution in [0, 0.1) is 6.92 Å². The van der Waals surface area contributed by atoms with Gasteiger partial charge in [-0.3, -0.25) is 4.72 Å². The molecule has 152 valence electrons. The van der Waals surface area contributed by atoms with Gasteiger partial charge in [-0.1, -0.05) is 12.1 Å². The van der Waals surface area contributed by atoms with E-state index >= 15 is 0 Å². The number of ether oxygens (including phenoxy) is 2. The second kappa shape index (κ2) is 6.99. The van der Waals surface area contributed by atoms with Crippen molar-refractivity contribution >= 4 is 21.4 Å². The normalized spacial score (nSPS) is 13.4. The number of anilines is 1. The minimum absolute atomic E-state index is 0.0943. The molecule has 4 aromatic rings. The summed E-state index contributed by atoms with van der Waals surface area (Å²) in [5, 5.41) is 12.6. The van der Waals surface area contributed by atoms with Crippen LogP contribution in [0.2, 0.25) is 0 Å². The molecule has 0 aliphatic carbocycles. The summed E-state index contributed by atoms with van der Waals surface area (Å²) in [5.41, 5.74) is 2.50. The van der Waals surface area contributed by atoms with Gasteiger partial charge in [0.25, 0.3) is 10.0 Å². The van der Waals surface area contributed by atoms with Gasteiger partial charge in [0, 0.05) is 17.3 Å². The van der Waals surface area contributed by atoms with Crippen LogP contribution in [0.25, 0.3) is 16.9 Å². The molecule has 10 heteroatoms. The first-order valence-corrected chi connectivity index (χ1v) is 10.7. The van der Waals surface area contributed by atoms with Gasteiger partial charge in [0.15, 0.2) is 23.0 Å². The molecule has 3 heterocycles. The average molecular weight is 423 g/mol. The summed E-state index contributed by atoms with van der Waals surface area (Å²) < 4.78 is 40.9. The first-order chi connectivity index (χ1) is 14.5. The van der Waals surface area contributed by atoms with E-state index in [1.807, 2.05) is 25.1 Å². The fourth-order valence-electron chi connectivity index (χ4n) is 3.20. The molecule has 30 heavy (non-hydrogen) atoms. The van der Waals surface area contributed by atoms with E-state index in [0.717, 1.165) is 5.56 Å². The minimum Gasteiger partial charge on any atom is -0.486 e. The van der Waals surface area contributed by atoms with Crippen LogP contribution < -0.4 is 14.2 Å². The van der Waals surface area contributed by atoms with E-state index < -0.39 is 10.0 Å². The highest BCUT2D eigenvalue weighted by Gasteiger charge is 2.20. The van der Waals surface area contributed by atoms with Crippen LogP contribution in [0.15, 0.2) is 59.5 Å². The Kier molecular flexibility index (Phi) is 4.28. The molecule has 0 saturated heterocycles. The summed E-state index contributed by atoms with van der Waals surface area (Å²) in [6.45, 7) is 2.64. The zero-order valence-electron chi connectivity index (χ0n) is 15.9. The first kappa shape index (κ1) is 18.4. The molecule has 0 atom stereocenters. The van der Waals surface area contributed by atoms with Crippen molar-refractivity contribution in [1.82, 2.24) is 19.8 Å². The van der Waals surface area contributed by atoms with Crippen molar-refractivity contribution in [2.75, 3.05) is 17.9 Å². The third-order valence-electron chi connectivity index (χ3n) is 4.65. The van der Waals surface area contributed by atoms with Crippen LogP contribution in [0.4, 0.5) is 5.69 Å². The van der Waals surface area contributed by atoms with E-state index in [0.29, 0.717) is 47.6 Å². The predicted octanol–water partition coefficient (Wildman–Crippen LogP) is 2.67. The van der Waals surface area contributed by atoms with Crippen LogP contribution >= 0.6 is 0 Å². The molecule has 1 aliphatic heterocycles. The molecule has 5 rings (SSSR count). The highest BCUT2D eigenvalue weighted by Crippen LogP contribution is 2.33. The van der Waals surface area contributed by atoms with Gasteiger partial charge < -0.3 is 9.47 Å². The highest BCUT2D eigenvalue weighted by molar-refractivity contribution is 7.92. The van der Waals surface area contributed by atoms with E-state index in [-0.39, 0.29) is 4.90 Å². The molecule has 0 saturated carbocycles. The number of nitrogens with zero attached hydrogens (tertiary/aromatic N) is 4.